The maximum atomic E-state index is 4.85. The van der Waals surface area contributed by atoms with Crippen molar-refractivity contribution in [1.82, 2.24) is 9.38 Å². The molecule has 3 aromatic heterocycles. The molecule has 3 aromatic carbocycles. The van der Waals surface area contributed by atoms with E-state index in [1.54, 1.807) is 0 Å². The predicted octanol–water partition coefficient (Wildman–Crippen LogP) is 6.89. The third-order valence-corrected chi connectivity index (χ3v) is 5.96. The highest BCUT2D eigenvalue weighted by Gasteiger charge is 2.19. The molecule has 0 aliphatic heterocycles. The first-order valence-corrected chi connectivity index (χ1v) is 10.1. The Kier molecular flexibility index (Phi) is 3.09. The lowest BCUT2D eigenvalue weighted by Crippen LogP contribution is -1.99. The van der Waals surface area contributed by atoms with Gasteiger partial charge in [0.2, 0.25) is 0 Å². The first-order chi connectivity index (χ1) is 13.6. The Morgan fingerprint density at radius 3 is 2.57 bits per heavy atom. The van der Waals surface area contributed by atoms with E-state index in [0.717, 1.165) is 11.9 Å². The third kappa shape index (κ3) is 2.00. The molecule has 6 aromatic rings. The average molecular weight is 362 g/mol. The van der Waals surface area contributed by atoms with E-state index >= 15 is 0 Å². The number of hydrogen-bond donors (Lipinski definition) is 0. The summed E-state index contributed by atoms with van der Waals surface area (Å²) in [6.07, 6.45) is 3.05. The Balaban J connectivity index is 1.98. The van der Waals surface area contributed by atoms with Gasteiger partial charge in [-0.3, -0.25) is 4.98 Å². The highest BCUT2D eigenvalue weighted by atomic mass is 14.9. The van der Waals surface area contributed by atoms with Crippen LogP contribution >= 0.6 is 0 Å². The number of nitrogens with zero attached hydrogens (tertiary/aromatic N) is 2. The topological polar surface area (TPSA) is 17.3 Å². The number of hydrogen-bond acceptors (Lipinski definition) is 1. The zero-order valence-electron chi connectivity index (χ0n) is 16.5. The predicted molar refractivity (Wildman–Crippen MR) is 120 cm³/mol. The third-order valence-electron chi connectivity index (χ3n) is 5.96. The summed E-state index contributed by atoms with van der Waals surface area (Å²) in [5.41, 5.74) is 7.65. The molecule has 0 aliphatic carbocycles. The Labute approximate surface area is 163 Å². The summed E-state index contributed by atoms with van der Waals surface area (Å²) in [6, 6.07) is 20.3. The molecule has 0 aliphatic rings. The van der Waals surface area contributed by atoms with Crippen LogP contribution in [0.5, 0.6) is 0 Å². The average Bonchev–Trinajstić information content (AvgIpc) is 3.00. The van der Waals surface area contributed by atoms with Gasteiger partial charge < -0.3 is 4.40 Å². The van der Waals surface area contributed by atoms with Crippen molar-refractivity contribution >= 4 is 49.0 Å². The molecular formula is C26H22N2. The first kappa shape index (κ1) is 15.9. The van der Waals surface area contributed by atoms with E-state index in [1.807, 2.05) is 6.20 Å². The molecule has 0 saturated heterocycles. The Hall–Kier alpha value is -3.13. The lowest BCUT2D eigenvalue weighted by atomic mass is 9.96. The summed E-state index contributed by atoms with van der Waals surface area (Å²) in [7, 11) is 0. The minimum absolute atomic E-state index is 0.630. The number of pyridine rings is 2. The van der Waals surface area contributed by atoms with Crippen molar-refractivity contribution in [3.8, 4) is 0 Å². The maximum absolute atomic E-state index is 4.85. The van der Waals surface area contributed by atoms with Crippen LogP contribution < -0.4 is 0 Å². The Morgan fingerprint density at radius 2 is 1.71 bits per heavy atom. The van der Waals surface area contributed by atoms with Gasteiger partial charge in [0.25, 0.3) is 0 Å². The van der Waals surface area contributed by atoms with Gasteiger partial charge in [0.05, 0.1) is 22.1 Å². The molecule has 0 atom stereocenters. The molecule has 0 amide bonds. The van der Waals surface area contributed by atoms with Gasteiger partial charge in [-0.1, -0.05) is 38.1 Å². The van der Waals surface area contributed by atoms with Crippen LogP contribution in [-0.2, 0) is 6.42 Å². The fourth-order valence-corrected chi connectivity index (χ4v) is 5.00. The van der Waals surface area contributed by atoms with Crippen molar-refractivity contribution < 1.29 is 0 Å². The fraction of sp³-hybridized carbons (Fsp3) is 0.192. The molecule has 0 saturated carbocycles. The quantitative estimate of drug-likeness (QED) is 0.242. The molecule has 0 bridgehead atoms. The molecule has 0 N–H and O–H groups in total. The summed E-state index contributed by atoms with van der Waals surface area (Å²) in [5.74, 6) is 0.630. The zero-order chi connectivity index (χ0) is 19.0. The summed E-state index contributed by atoms with van der Waals surface area (Å²) >= 11 is 0. The first-order valence-electron chi connectivity index (χ1n) is 10.1. The van der Waals surface area contributed by atoms with Crippen LogP contribution in [0.2, 0.25) is 0 Å². The Bertz CT molecular complexity index is 1520. The molecule has 28 heavy (non-hydrogen) atoms. The number of aromatic nitrogens is 2. The maximum Gasteiger partial charge on any atom is 0.0822 e. The molecule has 0 fully saturated rings. The molecule has 0 radical (unpaired) electrons. The molecule has 0 spiro atoms. The van der Waals surface area contributed by atoms with E-state index in [1.165, 1.54) is 54.6 Å². The van der Waals surface area contributed by atoms with Crippen molar-refractivity contribution in [3.63, 3.8) is 0 Å². The van der Waals surface area contributed by atoms with Crippen molar-refractivity contribution in [3.05, 3.63) is 71.9 Å². The zero-order valence-corrected chi connectivity index (χ0v) is 16.5. The second-order valence-electron chi connectivity index (χ2n) is 8.53. The van der Waals surface area contributed by atoms with Crippen LogP contribution in [-0.4, -0.2) is 9.38 Å². The largest absolute Gasteiger partial charge is 0.308 e. The van der Waals surface area contributed by atoms with E-state index in [-0.39, 0.29) is 0 Å². The summed E-state index contributed by atoms with van der Waals surface area (Å²) in [6.45, 7) is 6.76. The van der Waals surface area contributed by atoms with Crippen LogP contribution in [0.4, 0.5) is 0 Å². The minimum Gasteiger partial charge on any atom is -0.308 e. The van der Waals surface area contributed by atoms with Crippen molar-refractivity contribution in [2.75, 3.05) is 0 Å². The van der Waals surface area contributed by atoms with Crippen molar-refractivity contribution in [2.45, 2.75) is 27.2 Å². The normalized spacial score (nSPS) is 12.6. The monoisotopic (exact) mass is 362 g/mol. The Morgan fingerprint density at radius 1 is 0.893 bits per heavy atom. The number of benzene rings is 3. The highest BCUT2D eigenvalue weighted by molar-refractivity contribution is 6.26. The van der Waals surface area contributed by atoms with Gasteiger partial charge in [-0.15, -0.1) is 0 Å². The van der Waals surface area contributed by atoms with Crippen LogP contribution in [0, 0.1) is 12.8 Å². The number of para-hydroxylation sites is 1. The fourth-order valence-electron chi connectivity index (χ4n) is 5.00. The van der Waals surface area contributed by atoms with Gasteiger partial charge in [0.15, 0.2) is 0 Å². The standard InChI is InChI=1S/C26H22N2/c1-15(2)10-17-13-18-8-9-27-25-21-12-16(3)11-20-19-6-4-5-7-22(19)28(26(20)21)23(14-17)24(18)25/h4-9,11-15H,10H2,1-3H3. The van der Waals surface area contributed by atoms with Crippen LogP contribution in [0.1, 0.15) is 25.0 Å². The molecule has 3 heterocycles. The summed E-state index contributed by atoms with van der Waals surface area (Å²) in [4.78, 5) is 4.85. The van der Waals surface area contributed by atoms with E-state index in [0.29, 0.717) is 5.92 Å². The van der Waals surface area contributed by atoms with Gasteiger partial charge in [-0.25, -0.2) is 0 Å². The molecular weight excluding hydrogens is 340 g/mol. The smallest absolute Gasteiger partial charge is 0.0822 e. The molecule has 2 nitrogen and oxygen atoms in total. The number of fused-ring (bicyclic) bond motifs is 5. The SMILES string of the molecule is Cc1cc2c3ccccc3n3c4cc(CC(C)C)cc5ccnc(c(c1)c23)c54. The molecule has 0 unspecified atom stereocenters. The van der Waals surface area contributed by atoms with Crippen LogP contribution in [0.25, 0.3) is 49.0 Å². The highest BCUT2D eigenvalue weighted by Crippen LogP contribution is 2.40. The van der Waals surface area contributed by atoms with E-state index in [2.05, 4.69) is 79.8 Å². The minimum atomic E-state index is 0.630. The summed E-state index contributed by atoms with van der Waals surface area (Å²) in [5, 5.41) is 6.45. The van der Waals surface area contributed by atoms with Crippen LogP contribution in [0.15, 0.2) is 60.8 Å². The number of rotatable bonds is 2. The van der Waals surface area contributed by atoms with E-state index < -0.39 is 0 Å². The van der Waals surface area contributed by atoms with E-state index in [9.17, 15) is 0 Å². The van der Waals surface area contributed by atoms with Crippen molar-refractivity contribution in [2.24, 2.45) is 5.92 Å². The second kappa shape index (κ2) is 5.45. The molecule has 136 valence electrons. The van der Waals surface area contributed by atoms with Gasteiger partial charge in [-0.05, 0) is 66.1 Å². The van der Waals surface area contributed by atoms with Gasteiger partial charge in [0.1, 0.15) is 0 Å². The van der Waals surface area contributed by atoms with Crippen LogP contribution in [0.3, 0.4) is 0 Å². The van der Waals surface area contributed by atoms with Gasteiger partial charge in [-0.2, -0.15) is 0 Å². The lowest BCUT2D eigenvalue weighted by Gasteiger charge is -2.15. The van der Waals surface area contributed by atoms with E-state index in [4.69, 9.17) is 4.98 Å². The number of aryl methyl sites for hydroxylation is 1. The molecule has 2 heteroatoms. The molecule has 6 rings (SSSR count). The summed E-state index contributed by atoms with van der Waals surface area (Å²) < 4.78 is 2.47. The van der Waals surface area contributed by atoms with Crippen molar-refractivity contribution in [1.29, 1.82) is 0 Å². The lowest BCUT2D eigenvalue weighted by molar-refractivity contribution is 0.648. The van der Waals surface area contributed by atoms with Gasteiger partial charge >= 0.3 is 0 Å². The van der Waals surface area contributed by atoms with Gasteiger partial charge in [0, 0.05) is 27.7 Å². The second-order valence-corrected chi connectivity index (χ2v) is 8.53.